The second-order valence-electron chi connectivity index (χ2n) is 5.81. The Morgan fingerprint density at radius 3 is 2.85 bits per heavy atom. The van der Waals surface area contributed by atoms with Crippen LogP contribution in [0.3, 0.4) is 0 Å². The van der Waals surface area contributed by atoms with Crippen molar-refractivity contribution in [2.75, 3.05) is 18.0 Å². The first-order valence-electron chi connectivity index (χ1n) is 7.48. The van der Waals surface area contributed by atoms with E-state index in [-0.39, 0.29) is 5.56 Å². The quantitative estimate of drug-likeness (QED) is 0.850. The van der Waals surface area contributed by atoms with Gasteiger partial charge in [0.25, 0.3) is 5.56 Å². The standard InChI is InChI=1S/C16H23N3O/c1-4-7-19-13(3)9-15(14(10-17)16(19)20)18-8-5-6-12(2)11-18/h9,12H,4-8,11H2,1-3H3. The van der Waals surface area contributed by atoms with Crippen LogP contribution in [0.25, 0.3) is 0 Å². The van der Waals surface area contributed by atoms with Gasteiger partial charge in [-0.05, 0) is 38.2 Å². The summed E-state index contributed by atoms with van der Waals surface area (Å²) in [6.07, 6.45) is 3.25. The summed E-state index contributed by atoms with van der Waals surface area (Å²) in [6, 6.07) is 4.13. The summed E-state index contributed by atoms with van der Waals surface area (Å²) >= 11 is 0. The highest BCUT2D eigenvalue weighted by Crippen LogP contribution is 2.25. The molecule has 0 spiro atoms. The molecule has 0 amide bonds. The molecule has 2 rings (SSSR count). The molecular weight excluding hydrogens is 250 g/mol. The SMILES string of the molecule is CCCn1c(C)cc(N2CCCC(C)C2)c(C#N)c1=O. The molecule has 2 heterocycles. The maximum Gasteiger partial charge on any atom is 0.270 e. The number of rotatable bonds is 3. The van der Waals surface area contributed by atoms with E-state index in [1.54, 1.807) is 4.57 Å². The van der Waals surface area contributed by atoms with E-state index in [0.29, 0.717) is 18.0 Å². The van der Waals surface area contributed by atoms with E-state index < -0.39 is 0 Å². The molecule has 0 aromatic carbocycles. The Kier molecular flexibility index (Phi) is 4.49. The zero-order valence-corrected chi connectivity index (χ0v) is 12.6. The van der Waals surface area contributed by atoms with Crippen molar-refractivity contribution >= 4 is 5.69 Å². The molecule has 1 aliphatic heterocycles. The van der Waals surface area contributed by atoms with Gasteiger partial charge in [-0.2, -0.15) is 5.26 Å². The van der Waals surface area contributed by atoms with Gasteiger partial charge >= 0.3 is 0 Å². The van der Waals surface area contributed by atoms with Crippen LogP contribution in [0.1, 0.15) is 44.4 Å². The van der Waals surface area contributed by atoms with Crippen molar-refractivity contribution in [2.45, 2.75) is 46.6 Å². The van der Waals surface area contributed by atoms with Crippen LogP contribution < -0.4 is 10.5 Å². The summed E-state index contributed by atoms with van der Waals surface area (Å²) in [5.74, 6) is 0.619. The van der Waals surface area contributed by atoms with Gasteiger partial charge in [0.2, 0.25) is 0 Å². The van der Waals surface area contributed by atoms with Crippen molar-refractivity contribution in [3.63, 3.8) is 0 Å². The van der Waals surface area contributed by atoms with Crippen molar-refractivity contribution in [2.24, 2.45) is 5.92 Å². The Morgan fingerprint density at radius 2 is 2.25 bits per heavy atom. The number of pyridine rings is 1. The molecule has 1 aliphatic rings. The Bertz CT molecular complexity index is 583. The first-order valence-corrected chi connectivity index (χ1v) is 7.48. The number of aromatic nitrogens is 1. The summed E-state index contributed by atoms with van der Waals surface area (Å²) in [4.78, 5) is 14.7. The van der Waals surface area contributed by atoms with E-state index in [2.05, 4.69) is 17.9 Å². The van der Waals surface area contributed by atoms with Crippen LogP contribution in [0.2, 0.25) is 0 Å². The highest BCUT2D eigenvalue weighted by molar-refractivity contribution is 5.59. The van der Waals surface area contributed by atoms with Crippen LogP contribution in [0.5, 0.6) is 0 Å². The molecule has 4 nitrogen and oxygen atoms in total. The lowest BCUT2D eigenvalue weighted by atomic mass is 9.99. The van der Waals surface area contributed by atoms with E-state index in [1.807, 2.05) is 19.9 Å². The zero-order valence-electron chi connectivity index (χ0n) is 12.6. The molecule has 1 fully saturated rings. The van der Waals surface area contributed by atoms with E-state index in [9.17, 15) is 10.1 Å². The Balaban J connectivity index is 2.49. The third-order valence-electron chi connectivity index (χ3n) is 4.04. The third kappa shape index (κ3) is 2.72. The van der Waals surface area contributed by atoms with E-state index >= 15 is 0 Å². The monoisotopic (exact) mass is 273 g/mol. The van der Waals surface area contributed by atoms with E-state index in [0.717, 1.165) is 37.3 Å². The number of hydrogen-bond donors (Lipinski definition) is 0. The predicted octanol–water partition coefficient (Wildman–Crippen LogP) is 2.67. The fourth-order valence-electron chi connectivity index (χ4n) is 3.02. The fourth-order valence-corrected chi connectivity index (χ4v) is 3.02. The average molecular weight is 273 g/mol. The van der Waals surface area contributed by atoms with Crippen LogP contribution in [-0.2, 0) is 6.54 Å². The lowest BCUT2D eigenvalue weighted by Crippen LogP contribution is -2.37. The van der Waals surface area contributed by atoms with Gasteiger partial charge in [0.15, 0.2) is 0 Å². The molecule has 4 heteroatoms. The molecule has 1 aromatic rings. The second-order valence-corrected chi connectivity index (χ2v) is 5.81. The van der Waals surface area contributed by atoms with Gasteiger partial charge in [-0.15, -0.1) is 0 Å². The molecule has 1 saturated heterocycles. The van der Waals surface area contributed by atoms with Crippen LogP contribution in [0, 0.1) is 24.2 Å². The highest BCUT2D eigenvalue weighted by atomic mass is 16.1. The van der Waals surface area contributed by atoms with Gasteiger partial charge in [0, 0.05) is 25.3 Å². The van der Waals surface area contributed by atoms with Crippen molar-refractivity contribution in [1.82, 2.24) is 4.57 Å². The average Bonchev–Trinajstić information content (AvgIpc) is 2.43. The van der Waals surface area contributed by atoms with Crippen molar-refractivity contribution in [3.05, 3.63) is 27.7 Å². The van der Waals surface area contributed by atoms with Crippen LogP contribution in [-0.4, -0.2) is 17.7 Å². The maximum atomic E-state index is 12.5. The maximum absolute atomic E-state index is 12.5. The minimum atomic E-state index is -0.137. The van der Waals surface area contributed by atoms with Crippen molar-refractivity contribution in [3.8, 4) is 6.07 Å². The van der Waals surface area contributed by atoms with Crippen LogP contribution in [0.4, 0.5) is 5.69 Å². The first kappa shape index (κ1) is 14.6. The molecule has 108 valence electrons. The summed E-state index contributed by atoms with van der Waals surface area (Å²) in [5.41, 5.74) is 1.94. The molecule has 1 atom stereocenters. The zero-order chi connectivity index (χ0) is 14.7. The molecule has 20 heavy (non-hydrogen) atoms. The molecule has 0 saturated carbocycles. The van der Waals surface area contributed by atoms with Gasteiger partial charge in [-0.1, -0.05) is 13.8 Å². The fraction of sp³-hybridized carbons (Fsp3) is 0.625. The normalized spacial score (nSPS) is 18.9. The number of hydrogen-bond acceptors (Lipinski definition) is 3. The Morgan fingerprint density at radius 1 is 1.50 bits per heavy atom. The van der Waals surface area contributed by atoms with Gasteiger partial charge in [-0.25, -0.2) is 0 Å². The lowest BCUT2D eigenvalue weighted by molar-refractivity contribution is 0.446. The van der Waals surface area contributed by atoms with E-state index in [4.69, 9.17) is 0 Å². The molecule has 1 unspecified atom stereocenters. The smallest absolute Gasteiger partial charge is 0.270 e. The second kappa shape index (κ2) is 6.13. The van der Waals surface area contributed by atoms with Crippen molar-refractivity contribution in [1.29, 1.82) is 5.26 Å². The lowest BCUT2D eigenvalue weighted by Gasteiger charge is -2.33. The number of anilines is 1. The van der Waals surface area contributed by atoms with E-state index in [1.165, 1.54) is 6.42 Å². The molecule has 0 aliphatic carbocycles. The highest BCUT2D eigenvalue weighted by Gasteiger charge is 2.22. The van der Waals surface area contributed by atoms with Crippen LogP contribution >= 0.6 is 0 Å². The summed E-state index contributed by atoms with van der Waals surface area (Å²) in [5, 5.41) is 9.39. The Hall–Kier alpha value is -1.76. The van der Waals surface area contributed by atoms with Gasteiger partial charge in [0.1, 0.15) is 11.6 Å². The number of piperidine rings is 1. The molecule has 0 radical (unpaired) electrons. The summed E-state index contributed by atoms with van der Waals surface area (Å²) in [7, 11) is 0. The van der Waals surface area contributed by atoms with Crippen LogP contribution in [0.15, 0.2) is 10.9 Å². The number of nitrogens with zero attached hydrogens (tertiary/aromatic N) is 3. The minimum Gasteiger partial charge on any atom is -0.370 e. The van der Waals surface area contributed by atoms with Gasteiger partial charge in [0.05, 0.1) is 5.69 Å². The van der Waals surface area contributed by atoms with Gasteiger partial charge in [-0.3, -0.25) is 4.79 Å². The molecule has 1 aromatic heterocycles. The molecule has 0 bridgehead atoms. The first-order chi connectivity index (χ1) is 9.58. The summed E-state index contributed by atoms with van der Waals surface area (Å²) in [6.45, 7) is 8.77. The van der Waals surface area contributed by atoms with Gasteiger partial charge < -0.3 is 9.47 Å². The molecular formula is C16H23N3O. The number of nitriles is 1. The number of aryl methyl sites for hydroxylation is 1. The van der Waals surface area contributed by atoms with Crippen molar-refractivity contribution < 1.29 is 0 Å². The topological polar surface area (TPSA) is 49.0 Å². The molecule has 0 N–H and O–H groups in total. The predicted molar refractivity (Wildman–Crippen MR) is 81.1 cm³/mol. The summed E-state index contributed by atoms with van der Waals surface area (Å²) < 4.78 is 1.72. The minimum absolute atomic E-state index is 0.137. The Labute approximate surface area is 120 Å². The third-order valence-corrected chi connectivity index (χ3v) is 4.04. The largest absolute Gasteiger partial charge is 0.370 e.